The molecule has 0 aliphatic heterocycles. The molecule has 2 aromatic rings. The number of nitrogens with zero attached hydrogens (tertiary/aromatic N) is 1. The van der Waals surface area contributed by atoms with E-state index >= 15 is 0 Å². The minimum atomic E-state index is -3.27. The number of carbonyl (C=O) groups excluding carboxylic acids is 1. The van der Waals surface area contributed by atoms with Gasteiger partial charge in [0, 0.05) is 5.02 Å². The number of halogens is 2. The first-order valence-corrected chi connectivity index (χ1v) is 11.5. The molecule has 156 valence electrons. The molecule has 2 saturated carbocycles. The van der Waals surface area contributed by atoms with Gasteiger partial charge in [-0.15, -0.1) is 0 Å². The third-order valence-electron chi connectivity index (χ3n) is 5.17. The van der Waals surface area contributed by atoms with Crippen molar-refractivity contribution in [1.82, 2.24) is 4.72 Å². The molecule has 6 nitrogen and oxygen atoms in total. The van der Waals surface area contributed by atoms with Gasteiger partial charge in [-0.1, -0.05) is 11.6 Å². The number of hydrogen-bond donors (Lipinski definition) is 2. The molecule has 30 heavy (non-hydrogen) atoms. The van der Waals surface area contributed by atoms with Gasteiger partial charge in [0.25, 0.3) is 5.91 Å². The Morgan fingerprint density at radius 1 is 1.30 bits per heavy atom. The summed E-state index contributed by atoms with van der Waals surface area (Å²) in [6, 6.07) is 9.40. The zero-order valence-electron chi connectivity index (χ0n) is 15.9. The minimum absolute atomic E-state index is 0.0260. The monoisotopic (exact) mass is 447 g/mol. The summed E-state index contributed by atoms with van der Waals surface area (Å²) in [5.74, 6) is -1.07. The summed E-state index contributed by atoms with van der Waals surface area (Å²) in [5.41, 5.74) is 1.43. The topological polar surface area (TPSA) is 103 Å². The highest BCUT2D eigenvalue weighted by Crippen LogP contribution is 2.43. The first-order valence-electron chi connectivity index (χ1n) is 9.53. The second-order valence-electron chi connectivity index (χ2n) is 7.58. The maximum absolute atomic E-state index is 14.7. The summed E-state index contributed by atoms with van der Waals surface area (Å²) in [7, 11) is -3.27. The average Bonchev–Trinajstić information content (AvgIpc) is 3.58. The van der Waals surface area contributed by atoms with Crippen LogP contribution in [0.1, 0.15) is 58.6 Å². The van der Waals surface area contributed by atoms with Crippen LogP contribution in [0.25, 0.3) is 0 Å². The zero-order chi connectivity index (χ0) is 21.5. The fourth-order valence-electron chi connectivity index (χ4n) is 3.25. The highest BCUT2D eigenvalue weighted by molar-refractivity contribution is 7.92. The van der Waals surface area contributed by atoms with E-state index in [-0.39, 0.29) is 28.9 Å². The van der Waals surface area contributed by atoms with Crippen LogP contribution >= 0.6 is 11.6 Å². The smallest absolute Gasteiger partial charge is 0.266 e. The van der Waals surface area contributed by atoms with E-state index in [2.05, 4.69) is 4.72 Å². The molecule has 1 atom stereocenters. The Bertz CT molecular complexity index is 1170. The van der Waals surface area contributed by atoms with Gasteiger partial charge in [0.05, 0.1) is 16.4 Å². The Hall–Kier alpha value is -2.63. The fraction of sp³-hybridized carbons (Fsp3) is 0.333. The third kappa shape index (κ3) is 4.42. The number of rotatable bonds is 7. The molecule has 4 rings (SSSR count). The van der Waals surface area contributed by atoms with Gasteiger partial charge in [0.2, 0.25) is 0 Å². The van der Waals surface area contributed by atoms with Crippen LogP contribution in [-0.2, 0) is 16.5 Å². The van der Waals surface area contributed by atoms with Crippen LogP contribution in [0.5, 0.6) is 5.75 Å². The number of amides is 1. The molecule has 0 spiro atoms. The van der Waals surface area contributed by atoms with Crippen molar-refractivity contribution in [3.8, 4) is 11.8 Å². The Kier molecular flexibility index (Phi) is 5.43. The molecule has 9 heteroatoms. The lowest BCUT2D eigenvalue weighted by molar-refractivity contribution is 0.0978. The first kappa shape index (κ1) is 20.6. The molecule has 2 aliphatic carbocycles. The largest absolute Gasteiger partial charge is 0.488 e. The maximum Gasteiger partial charge on any atom is 0.266 e. The lowest BCUT2D eigenvalue weighted by Gasteiger charge is -2.15. The second-order valence-corrected chi connectivity index (χ2v) is 10.1. The number of carbonyl (C=O) groups is 1. The van der Waals surface area contributed by atoms with Crippen LogP contribution in [0.15, 0.2) is 30.3 Å². The molecule has 2 fully saturated rings. The van der Waals surface area contributed by atoms with Gasteiger partial charge in [0.15, 0.2) is 0 Å². The molecule has 1 unspecified atom stereocenters. The van der Waals surface area contributed by atoms with Gasteiger partial charge in [-0.05, 0) is 73.1 Å². The highest BCUT2D eigenvalue weighted by atomic mass is 35.5. The number of nitriles is 1. The van der Waals surface area contributed by atoms with Crippen LogP contribution in [0, 0.1) is 21.9 Å². The summed E-state index contributed by atoms with van der Waals surface area (Å²) in [6.45, 7) is 0.0260. The van der Waals surface area contributed by atoms with Gasteiger partial charge in [0.1, 0.15) is 34.2 Å². The molecule has 0 radical (unpaired) electrons. The van der Waals surface area contributed by atoms with Crippen LogP contribution in [0.2, 0.25) is 5.02 Å². The van der Waals surface area contributed by atoms with E-state index < -0.39 is 21.6 Å². The molecule has 0 heterocycles. The number of nitrogens with one attached hydrogen (secondary N) is 2. The van der Waals surface area contributed by atoms with Gasteiger partial charge in [-0.3, -0.25) is 9.52 Å². The Labute approximate surface area is 179 Å². The van der Waals surface area contributed by atoms with E-state index in [1.54, 1.807) is 12.1 Å². The average molecular weight is 448 g/mol. The van der Waals surface area contributed by atoms with Gasteiger partial charge in [-0.2, -0.15) is 5.26 Å². The van der Waals surface area contributed by atoms with Gasteiger partial charge >= 0.3 is 0 Å². The van der Waals surface area contributed by atoms with Crippen LogP contribution in [-0.4, -0.2) is 15.4 Å². The summed E-state index contributed by atoms with van der Waals surface area (Å²) < 4.78 is 42.7. The third-order valence-corrected chi connectivity index (χ3v) is 7.31. The quantitative estimate of drug-likeness (QED) is 0.644. The predicted molar refractivity (Wildman–Crippen MR) is 110 cm³/mol. The van der Waals surface area contributed by atoms with Crippen LogP contribution < -0.4 is 9.46 Å². The molecule has 0 bridgehead atoms. The van der Waals surface area contributed by atoms with Crippen molar-refractivity contribution < 1.29 is 18.1 Å². The molecule has 1 amide bonds. The minimum Gasteiger partial charge on any atom is -0.488 e. The molecule has 2 aliphatic rings. The van der Waals surface area contributed by atoms with Gasteiger partial charge in [-0.25, -0.2) is 13.4 Å². The lowest BCUT2D eigenvalue weighted by Crippen LogP contribution is -2.33. The number of ether oxygens (including phenoxy) is 1. The molecular weight excluding hydrogens is 429 g/mol. The van der Waals surface area contributed by atoms with Crippen molar-refractivity contribution in [1.29, 1.82) is 10.0 Å². The molecule has 2 aromatic carbocycles. The van der Waals surface area contributed by atoms with Gasteiger partial charge < -0.3 is 4.74 Å². The summed E-state index contributed by atoms with van der Waals surface area (Å²) >= 11 is 5.90. The molecule has 0 saturated heterocycles. The van der Waals surface area contributed by atoms with Crippen molar-refractivity contribution in [2.75, 3.05) is 0 Å². The molecular formula is C21H19ClFN3O3S. The van der Waals surface area contributed by atoms with E-state index in [1.807, 2.05) is 6.07 Å². The Morgan fingerprint density at radius 3 is 2.67 bits per heavy atom. The fourth-order valence-corrected chi connectivity index (χ4v) is 4.78. The van der Waals surface area contributed by atoms with Crippen molar-refractivity contribution >= 4 is 27.4 Å². The first-order chi connectivity index (χ1) is 14.3. The van der Waals surface area contributed by atoms with Crippen molar-refractivity contribution in [2.24, 2.45) is 0 Å². The van der Waals surface area contributed by atoms with E-state index in [4.69, 9.17) is 21.1 Å². The molecule has 0 aromatic heterocycles. The van der Waals surface area contributed by atoms with E-state index in [0.29, 0.717) is 29.2 Å². The second kappa shape index (κ2) is 7.89. The summed E-state index contributed by atoms with van der Waals surface area (Å²) in [4.78, 5) is 12.5. The molecule has 2 N–H and O–H groups in total. The van der Waals surface area contributed by atoms with E-state index in [9.17, 15) is 18.7 Å². The Balaban J connectivity index is 1.58. The van der Waals surface area contributed by atoms with Crippen molar-refractivity contribution in [2.45, 2.75) is 43.5 Å². The summed E-state index contributed by atoms with van der Waals surface area (Å²) in [5, 5.41) is 9.30. The highest BCUT2D eigenvalue weighted by Gasteiger charge is 2.35. The number of hydrogen-bond acceptors (Lipinski definition) is 5. The van der Waals surface area contributed by atoms with Crippen LogP contribution in [0.4, 0.5) is 4.39 Å². The van der Waals surface area contributed by atoms with E-state index in [0.717, 1.165) is 18.4 Å². The maximum atomic E-state index is 14.7. The number of benzene rings is 2. The van der Waals surface area contributed by atoms with Crippen molar-refractivity contribution in [3.63, 3.8) is 0 Å². The van der Waals surface area contributed by atoms with E-state index in [1.165, 1.54) is 18.2 Å². The SMILES string of the molecule is N#Cc1cc(Cl)ccc1OCc1cc(F)c(C(=O)NS(=N)(=O)C2CC2)cc1C1CC1. The van der Waals surface area contributed by atoms with Crippen LogP contribution in [0.3, 0.4) is 0 Å². The standard InChI is InChI=1S/C21H19ClFN3O3S/c22-15-3-6-20(13(7-15)10-24)29-11-14-8-19(23)18(9-17(14)12-1-2-12)21(27)26-30(25,28)16-4-5-16/h3,6-9,12,16H,1-2,4-5,11H2,(H2,25,26,27,28). The zero-order valence-corrected chi connectivity index (χ0v) is 17.5. The normalized spacial score (nSPS) is 17.6. The van der Waals surface area contributed by atoms with Crippen molar-refractivity contribution in [3.05, 3.63) is 63.4 Å². The summed E-state index contributed by atoms with van der Waals surface area (Å²) in [6.07, 6.45) is 3.09. The Morgan fingerprint density at radius 2 is 2.03 bits per heavy atom. The predicted octanol–water partition coefficient (Wildman–Crippen LogP) is 4.66. The lowest BCUT2D eigenvalue weighted by atomic mass is 9.99.